The summed E-state index contributed by atoms with van der Waals surface area (Å²) in [5.74, 6) is 1.06. The summed E-state index contributed by atoms with van der Waals surface area (Å²) in [4.78, 5) is 12.1. The maximum absolute atomic E-state index is 12.1. The van der Waals surface area contributed by atoms with E-state index in [9.17, 15) is 4.79 Å². The first-order valence-corrected chi connectivity index (χ1v) is 8.13. The summed E-state index contributed by atoms with van der Waals surface area (Å²) in [6.45, 7) is 3.79. The van der Waals surface area contributed by atoms with Crippen LogP contribution in [0.15, 0.2) is 30.3 Å². The van der Waals surface area contributed by atoms with Crippen LogP contribution in [0.4, 0.5) is 0 Å². The summed E-state index contributed by atoms with van der Waals surface area (Å²) >= 11 is 1.75. The Morgan fingerprint density at radius 2 is 2.11 bits per heavy atom. The number of ketones is 1. The molecular weight excluding hydrogens is 256 g/mol. The molecule has 2 rings (SSSR count). The van der Waals surface area contributed by atoms with E-state index in [0.717, 1.165) is 31.6 Å². The van der Waals surface area contributed by atoms with E-state index in [1.807, 2.05) is 18.2 Å². The fourth-order valence-electron chi connectivity index (χ4n) is 2.35. The number of rotatable bonds is 6. The highest BCUT2D eigenvalue weighted by atomic mass is 32.2. The molecule has 2 nitrogen and oxygen atoms in total. The SMILES string of the molecule is CCCCOCC1CC(c2ccccc2)C(=O)CS1. The summed E-state index contributed by atoms with van der Waals surface area (Å²) in [7, 11) is 0. The molecule has 0 saturated carbocycles. The molecule has 0 radical (unpaired) electrons. The minimum absolute atomic E-state index is 0.0715. The van der Waals surface area contributed by atoms with E-state index in [4.69, 9.17) is 4.74 Å². The molecule has 1 aliphatic rings. The molecule has 0 aromatic heterocycles. The molecule has 0 spiro atoms. The Morgan fingerprint density at radius 3 is 2.84 bits per heavy atom. The number of carbonyl (C=O) groups excluding carboxylic acids is 1. The van der Waals surface area contributed by atoms with Gasteiger partial charge in [0.05, 0.1) is 12.4 Å². The quantitative estimate of drug-likeness (QED) is 0.743. The third-order valence-corrected chi connectivity index (χ3v) is 4.75. The predicted molar refractivity (Wildman–Crippen MR) is 80.8 cm³/mol. The molecule has 1 aliphatic heterocycles. The van der Waals surface area contributed by atoms with Gasteiger partial charge in [-0.1, -0.05) is 43.7 Å². The maximum Gasteiger partial charge on any atom is 0.150 e. The van der Waals surface area contributed by atoms with Crippen molar-refractivity contribution < 1.29 is 9.53 Å². The minimum atomic E-state index is 0.0715. The summed E-state index contributed by atoms with van der Waals surface area (Å²) in [5.41, 5.74) is 1.16. The van der Waals surface area contributed by atoms with E-state index in [1.165, 1.54) is 6.42 Å². The van der Waals surface area contributed by atoms with Gasteiger partial charge in [-0.15, -0.1) is 11.8 Å². The van der Waals surface area contributed by atoms with Crippen molar-refractivity contribution in [2.75, 3.05) is 19.0 Å². The fourth-order valence-corrected chi connectivity index (χ4v) is 3.47. The van der Waals surface area contributed by atoms with Crippen LogP contribution in [-0.2, 0) is 9.53 Å². The zero-order valence-corrected chi connectivity index (χ0v) is 12.3. The van der Waals surface area contributed by atoms with E-state index in [2.05, 4.69) is 19.1 Å². The fraction of sp³-hybridized carbons (Fsp3) is 0.562. The summed E-state index contributed by atoms with van der Waals surface area (Å²) in [5, 5.41) is 0.458. The van der Waals surface area contributed by atoms with Crippen molar-refractivity contribution in [3.63, 3.8) is 0 Å². The standard InChI is InChI=1S/C16H22O2S/c1-2-3-9-18-11-14-10-15(16(17)12-19-14)13-7-5-4-6-8-13/h4-8,14-15H,2-3,9-12H2,1H3. The van der Waals surface area contributed by atoms with E-state index in [1.54, 1.807) is 11.8 Å². The molecule has 1 fully saturated rings. The Bertz CT molecular complexity index is 391. The van der Waals surface area contributed by atoms with Gasteiger partial charge >= 0.3 is 0 Å². The van der Waals surface area contributed by atoms with Crippen molar-refractivity contribution >= 4 is 17.5 Å². The van der Waals surface area contributed by atoms with Gasteiger partial charge in [-0.3, -0.25) is 4.79 Å². The largest absolute Gasteiger partial charge is 0.380 e. The molecule has 0 N–H and O–H groups in total. The molecule has 0 aliphatic carbocycles. The van der Waals surface area contributed by atoms with E-state index < -0.39 is 0 Å². The second-order valence-electron chi connectivity index (χ2n) is 5.03. The van der Waals surface area contributed by atoms with Gasteiger partial charge in [0.15, 0.2) is 0 Å². The monoisotopic (exact) mass is 278 g/mol. The summed E-state index contributed by atoms with van der Waals surface area (Å²) < 4.78 is 5.70. The Hall–Kier alpha value is -0.800. The molecule has 3 heteroatoms. The lowest BCUT2D eigenvalue weighted by atomic mass is 9.90. The summed E-state index contributed by atoms with van der Waals surface area (Å²) in [6.07, 6.45) is 3.21. The van der Waals surface area contributed by atoms with E-state index in [-0.39, 0.29) is 5.92 Å². The van der Waals surface area contributed by atoms with Gasteiger partial charge in [0, 0.05) is 17.8 Å². The van der Waals surface area contributed by atoms with Crippen LogP contribution in [-0.4, -0.2) is 30.0 Å². The Balaban J connectivity index is 1.88. The third kappa shape index (κ3) is 4.36. The lowest BCUT2D eigenvalue weighted by Crippen LogP contribution is -2.29. The van der Waals surface area contributed by atoms with Gasteiger partial charge in [0.25, 0.3) is 0 Å². The van der Waals surface area contributed by atoms with Gasteiger partial charge in [0.2, 0.25) is 0 Å². The van der Waals surface area contributed by atoms with Crippen LogP contribution in [0.1, 0.15) is 37.7 Å². The highest BCUT2D eigenvalue weighted by Gasteiger charge is 2.30. The lowest BCUT2D eigenvalue weighted by molar-refractivity contribution is -0.118. The number of benzene rings is 1. The molecule has 1 heterocycles. The molecule has 2 unspecified atom stereocenters. The van der Waals surface area contributed by atoms with Crippen LogP contribution in [0.5, 0.6) is 0 Å². The second-order valence-corrected chi connectivity index (χ2v) is 6.32. The topological polar surface area (TPSA) is 26.3 Å². The van der Waals surface area contributed by atoms with E-state index >= 15 is 0 Å². The van der Waals surface area contributed by atoms with Crippen LogP contribution < -0.4 is 0 Å². The molecule has 104 valence electrons. The van der Waals surface area contributed by atoms with E-state index in [0.29, 0.717) is 16.8 Å². The first-order chi connectivity index (χ1) is 9.31. The number of thioether (sulfide) groups is 1. The van der Waals surface area contributed by atoms with Crippen LogP contribution in [0, 0.1) is 0 Å². The van der Waals surface area contributed by atoms with Crippen molar-refractivity contribution in [3.8, 4) is 0 Å². The van der Waals surface area contributed by atoms with Crippen molar-refractivity contribution in [3.05, 3.63) is 35.9 Å². The van der Waals surface area contributed by atoms with Crippen LogP contribution in [0.3, 0.4) is 0 Å². The van der Waals surface area contributed by atoms with Gasteiger partial charge in [-0.25, -0.2) is 0 Å². The van der Waals surface area contributed by atoms with Crippen LogP contribution >= 0.6 is 11.8 Å². The second kappa shape index (κ2) is 7.71. The van der Waals surface area contributed by atoms with Crippen LogP contribution in [0.2, 0.25) is 0 Å². The molecular formula is C16H22O2S. The number of carbonyl (C=O) groups is 1. The highest BCUT2D eigenvalue weighted by Crippen LogP contribution is 2.34. The molecule has 1 aromatic carbocycles. The Morgan fingerprint density at radius 1 is 1.32 bits per heavy atom. The Labute approximate surface area is 119 Å². The highest BCUT2D eigenvalue weighted by molar-refractivity contribution is 8.00. The normalized spacial score (nSPS) is 23.5. The Kier molecular flexibility index (Phi) is 5.93. The van der Waals surface area contributed by atoms with Crippen LogP contribution in [0.25, 0.3) is 0 Å². The number of ether oxygens (including phenoxy) is 1. The first kappa shape index (κ1) is 14.6. The van der Waals surface area contributed by atoms with Crippen molar-refractivity contribution in [1.82, 2.24) is 0 Å². The molecule has 0 amide bonds. The lowest BCUT2D eigenvalue weighted by Gasteiger charge is -2.27. The van der Waals surface area contributed by atoms with Crippen molar-refractivity contribution in [2.24, 2.45) is 0 Å². The number of unbranched alkanes of at least 4 members (excludes halogenated alkanes) is 1. The van der Waals surface area contributed by atoms with Gasteiger partial charge in [-0.2, -0.15) is 0 Å². The molecule has 1 saturated heterocycles. The smallest absolute Gasteiger partial charge is 0.150 e. The first-order valence-electron chi connectivity index (χ1n) is 7.08. The predicted octanol–water partition coefficient (Wildman–Crippen LogP) is 3.66. The average Bonchev–Trinajstić information content (AvgIpc) is 2.46. The molecule has 0 bridgehead atoms. The van der Waals surface area contributed by atoms with Crippen molar-refractivity contribution in [1.29, 1.82) is 0 Å². The van der Waals surface area contributed by atoms with Gasteiger partial charge < -0.3 is 4.74 Å². The average molecular weight is 278 g/mol. The summed E-state index contributed by atoms with van der Waals surface area (Å²) in [6, 6.07) is 10.1. The van der Waals surface area contributed by atoms with Crippen molar-refractivity contribution in [2.45, 2.75) is 37.4 Å². The zero-order valence-electron chi connectivity index (χ0n) is 11.5. The molecule has 19 heavy (non-hydrogen) atoms. The van der Waals surface area contributed by atoms with Gasteiger partial charge in [0.1, 0.15) is 5.78 Å². The number of hydrogen-bond acceptors (Lipinski definition) is 3. The number of Topliss-reactive ketones (excluding diaryl/α,β-unsaturated/α-hetero) is 1. The maximum atomic E-state index is 12.1. The minimum Gasteiger partial charge on any atom is -0.380 e. The molecule has 2 atom stereocenters. The zero-order chi connectivity index (χ0) is 13.5. The third-order valence-electron chi connectivity index (χ3n) is 3.50. The van der Waals surface area contributed by atoms with Gasteiger partial charge in [-0.05, 0) is 18.4 Å². The number of hydrogen-bond donors (Lipinski definition) is 0. The molecule has 1 aromatic rings.